The van der Waals surface area contributed by atoms with Crippen molar-refractivity contribution in [2.24, 2.45) is 0 Å². The first-order chi connectivity index (χ1) is 9.12. The number of carboxylic acids is 1. The Morgan fingerprint density at radius 3 is 2.30 bits per heavy atom. The van der Waals surface area contributed by atoms with Gasteiger partial charge in [0.25, 0.3) is 5.69 Å². The zero-order valence-electron chi connectivity index (χ0n) is 10.9. The third-order valence-corrected chi connectivity index (χ3v) is 2.66. The Hall–Kier alpha value is -2.25. The molecule has 0 spiro atoms. The average molecular weight is 288 g/mol. The highest BCUT2D eigenvalue weighted by molar-refractivity contribution is 5.67. The largest absolute Gasteiger partial charge is 0.481 e. The molecule has 6 nitrogen and oxygen atoms in total. The molecule has 0 aliphatic carbocycles. The van der Waals surface area contributed by atoms with E-state index in [0.29, 0.717) is 12.1 Å². The van der Waals surface area contributed by atoms with Gasteiger partial charge in [0.15, 0.2) is 11.6 Å². The number of halogens is 2. The Bertz CT molecular complexity index is 523. The van der Waals surface area contributed by atoms with E-state index in [1.807, 2.05) is 0 Å². The van der Waals surface area contributed by atoms with Crippen molar-refractivity contribution in [2.45, 2.75) is 32.2 Å². The van der Waals surface area contributed by atoms with Gasteiger partial charge in [-0.1, -0.05) is 0 Å². The Labute approximate surface area is 113 Å². The van der Waals surface area contributed by atoms with Crippen molar-refractivity contribution < 1.29 is 23.6 Å². The number of benzene rings is 1. The number of rotatable bonds is 6. The molecule has 0 heterocycles. The topological polar surface area (TPSA) is 92.5 Å². The maximum absolute atomic E-state index is 13.7. The second-order valence-electron chi connectivity index (χ2n) is 4.94. The van der Waals surface area contributed by atoms with E-state index in [1.54, 1.807) is 13.8 Å². The second-order valence-corrected chi connectivity index (χ2v) is 4.94. The van der Waals surface area contributed by atoms with Crippen molar-refractivity contribution in [3.05, 3.63) is 33.9 Å². The summed E-state index contributed by atoms with van der Waals surface area (Å²) < 4.78 is 27.4. The number of carbonyl (C=O) groups is 1. The molecule has 0 saturated carbocycles. The minimum Gasteiger partial charge on any atom is -0.481 e. The van der Waals surface area contributed by atoms with Gasteiger partial charge in [-0.2, -0.15) is 0 Å². The molecule has 0 atom stereocenters. The number of hydrogen-bond acceptors (Lipinski definition) is 4. The average Bonchev–Trinajstić information content (AvgIpc) is 2.31. The quantitative estimate of drug-likeness (QED) is 0.620. The predicted octanol–water partition coefficient (Wildman–Crippen LogP) is 2.93. The van der Waals surface area contributed by atoms with E-state index in [2.05, 4.69) is 5.32 Å². The fraction of sp³-hybridized carbons (Fsp3) is 0.417. The molecule has 0 unspecified atom stereocenters. The zero-order chi connectivity index (χ0) is 15.5. The summed E-state index contributed by atoms with van der Waals surface area (Å²) in [6, 6.07) is 1.22. The first-order valence-electron chi connectivity index (χ1n) is 5.76. The normalized spacial score (nSPS) is 11.2. The van der Waals surface area contributed by atoms with Crippen LogP contribution >= 0.6 is 0 Å². The van der Waals surface area contributed by atoms with Crippen LogP contribution in [-0.2, 0) is 4.79 Å². The summed E-state index contributed by atoms with van der Waals surface area (Å²) in [5.74, 6) is -3.22. The van der Waals surface area contributed by atoms with Crippen LogP contribution in [0.15, 0.2) is 12.1 Å². The highest BCUT2D eigenvalue weighted by atomic mass is 19.1. The number of hydrogen-bond donors (Lipinski definition) is 2. The highest BCUT2D eigenvalue weighted by Gasteiger charge is 2.24. The lowest BCUT2D eigenvalue weighted by Crippen LogP contribution is -2.32. The SMILES string of the molecule is CC(C)(CCC(=O)O)Nc1c(F)cc([N+](=O)[O-])cc1F. The summed E-state index contributed by atoms with van der Waals surface area (Å²) in [5.41, 5.74) is -2.07. The van der Waals surface area contributed by atoms with Crippen LogP contribution in [0.25, 0.3) is 0 Å². The lowest BCUT2D eigenvalue weighted by molar-refractivity contribution is -0.385. The summed E-state index contributed by atoms with van der Waals surface area (Å²) >= 11 is 0. The van der Waals surface area contributed by atoms with E-state index in [0.717, 1.165) is 0 Å². The lowest BCUT2D eigenvalue weighted by Gasteiger charge is -2.27. The molecule has 0 aliphatic heterocycles. The molecule has 2 N–H and O–H groups in total. The Kier molecular flexibility index (Phi) is 4.59. The number of anilines is 1. The maximum atomic E-state index is 13.7. The molecule has 0 aliphatic rings. The van der Waals surface area contributed by atoms with Gasteiger partial charge in [0, 0.05) is 12.0 Å². The van der Waals surface area contributed by atoms with Crippen molar-refractivity contribution in [1.82, 2.24) is 0 Å². The number of aliphatic carboxylic acids is 1. The van der Waals surface area contributed by atoms with E-state index >= 15 is 0 Å². The van der Waals surface area contributed by atoms with E-state index in [-0.39, 0.29) is 12.8 Å². The molecule has 8 heteroatoms. The van der Waals surface area contributed by atoms with Crippen LogP contribution in [0.5, 0.6) is 0 Å². The van der Waals surface area contributed by atoms with Crippen molar-refractivity contribution in [1.29, 1.82) is 0 Å². The molecule has 110 valence electrons. The van der Waals surface area contributed by atoms with Crippen LogP contribution in [0.3, 0.4) is 0 Å². The van der Waals surface area contributed by atoms with Crippen molar-refractivity contribution in [3.63, 3.8) is 0 Å². The standard InChI is InChI=1S/C12H14F2N2O4/c1-12(2,4-3-10(17)18)15-11-8(13)5-7(16(19)20)6-9(11)14/h5-6,15H,3-4H2,1-2H3,(H,17,18). The lowest BCUT2D eigenvalue weighted by atomic mass is 9.97. The Morgan fingerprint density at radius 1 is 1.40 bits per heavy atom. The van der Waals surface area contributed by atoms with Crippen molar-refractivity contribution >= 4 is 17.3 Å². The summed E-state index contributed by atoms with van der Waals surface area (Å²) in [7, 11) is 0. The number of non-ortho nitro benzene ring substituents is 1. The van der Waals surface area contributed by atoms with E-state index in [4.69, 9.17) is 5.11 Å². The predicted molar refractivity (Wildman–Crippen MR) is 67.6 cm³/mol. The van der Waals surface area contributed by atoms with E-state index in [1.165, 1.54) is 0 Å². The van der Waals surface area contributed by atoms with E-state index < -0.39 is 39.4 Å². The van der Waals surface area contributed by atoms with E-state index in [9.17, 15) is 23.7 Å². The first-order valence-corrected chi connectivity index (χ1v) is 5.76. The summed E-state index contributed by atoms with van der Waals surface area (Å²) in [6.07, 6.45) is -0.0333. The Morgan fingerprint density at radius 2 is 1.90 bits per heavy atom. The molecular weight excluding hydrogens is 274 g/mol. The third-order valence-electron chi connectivity index (χ3n) is 2.66. The minimum atomic E-state index is -1.10. The fourth-order valence-corrected chi connectivity index (χ4v) is 1.60. The van der Waals surface area contributed by atoms with Crippen molar-refractivity contribution in [3.8, 4) is 0 Å². The van der Waals surface area contributed by atoms with Crippen LogP contribution in [-0.4, -0.2) is 21.5 Å². The molecule has 0 fully saturated rings. The number of nitro groups is 1. The van der Waals surface area contributed by atoms with Crippen LogP contribution in [0.1, 0.15) is 26.7 Å². The van der Waals surface area contributed by atoms with Crippen LogP contribution in [0, 0.1) is 21.7 Å². The van der Waals surface area contributed by atoms with Crippen LogP contribution in [0.4, 0.5) is 20.2 Å². The fourth-order valence-electron chi connectivity index (χ4n) is 1.60. The second kappa shape index (κ2) is 5.81. The minimum absolute atomic E-state index is 0.137. The molecule has 20 heavy (non-hydrogen) atoms. The van der Waals surface area contributed by atoms with Crippen LogP contribution < -0.4 is 5.32 Å². The van der Waals surface area contributed by atoms with Gasteiger partial charge in [0.2, 0.25) is 0 Å². The molecular formula is C12H14F2N2O4. The number of nitrogens with zero attached hydrogens (tertiary/aromatic N) is 1. The molecule has 0 radical (unpaired) electrons. The molecule has 0 bridgehead atoms. The maximum Gasteiger partial charge on any atom is 0.303 e. The molecule has 1 aromatic rings. The number of nitrogens with one attached hydrogen (secondary N) is 1. The van der Waals surface area contributed by atoms with Crippen molar-refractivity contribution in [2.75, 3.05) is 5.32 Å². The smallest absolute Gasteiger partial charge is 0.303 e. The van der Waals surface area contributed by atoms with Crippen LogP contribution in [0.2, 0.25) is 0 Å². The molecule has 0 amide bonds. The Balaban J connectivity index is 2.97. The van der Waals surface area contributed by atoms with Gasteiger partial charge in [0.05, 0.1) is 17.1 Å². The van der Waals surface area contributed by atoms with Gasteiger partial charge >= 0.3 is 5.97 Å². The zero-order valence-corrected chi connectivity index (χ0v) is 10.9. The molecule has 0 aromatic heterocycles. The van der Waals surface area contributed by atoms with Gasteiger partial charge in [0.1, 0.15) is 5.69 Å². The molecule has 1 aromatic carbocycles. The van der Waals surface area contributed by atoms with Gasteiger partial charge < -0.3 is 10.4 Å². The first kappa shape index (κ1) is 15.8. The number of carboxylic acid groups (broad SMARTS) is 1. The third kappa shape index (κ3) is 4.15. The monoisotopic (exact) mass is 288 g/mol. The summed E-state index contributed by atoms with van der Waals surface area (Å²) in [5, 5.41) is 21.6. The summed E-state index contributed by atoms with van der Waals surface area (Å²) in [4.78, 5) is 20.1. The van der Waals surface area contributed by atoms with Gasteiger partial charge in [-0.3, -0.25) is 14.9 Å². The van der Waals surface area contributed by atoms with Gasteiger partial charge in [-0.05, 0) is 20.3 Å². The number of nitro benzene ring substituents is 1. The molecule has 1 rings (SSSR count). The highest BCUT2D eigenvalue weighted by Crippen LogP contribution is 2.28. The van der Waals surface area contributed by atoms with Gasteiger partial charge in [-0.25, -0.2) is 8.78 Å². The van der Waals surface area contributed by atoms with Gasteiger partial charge in [-0.15, -0.1) is 0 Å². The summed E-state index contributed by atoms with van der Waals surface area (Å²) in [6.45, 7) is 3.16. The molecule has 0 saturated heterocycles.